The lowest BCUT2D eigenvalue weighted by atomic mass is 9.96. The number of hydrogen-bond acceptors (Lipinski definition) is 6. The number of aromatic nitrogens is 3. The van der Waals surface area contributed by atoms with Crippen molar-refractivity contribution >= 4 is 5.82 Å². The molecule has 2 N–H and O–H groups in total. The van der Waals surface area contributed by atoms with Gasteiger partial charge in [-0.1, -0.05) is 11.1 Å². The summed E-state index contributed by atoms with van der Waals surface area (Å²) < 4.78 is 47.5. The molecular formula is C25H29F3N6O. The van der Waals surface area contributed by atoms with Crippen molar-refractivity contribution in [3.8, 4) is 11.3 Å². The molecule has 0 bridgehead atoms. The molecule has 0 spiro atoms. The van der Waals surface area contributed by atoms with Crippen molar-refractivity contribution in [2.24, 2.45) is 5.92 Å². The predicted molar refractivity (Wildman–Crippen MR) is 124 cm³/mol. The van der Waals surface area contributed by atoms with Crippen LogP contribution in [0.2, 0.25) is 0 Å². The van der Waals surface area contributed by atoms with Crippen LogP contribution in [-0.2, 0) is 10.9 Å². The Morgan fingerprint density at radius 3 is 2.51 bits per heavy atom. The van der Waals surface area contributed by atoms with Crippen LogP contribution >= 0.6 is 0 Å². The van der Waals surface area contributed by atoms with E-state index >= 15 is 0 Å². The monoisotopic (exact) mass is 486 g/mol. The third kappa shape index (κ3) is 3.37. The van der Waals surface area contributed by atoms with Crippen molar-refractivity contribution in [1.82, 2.24) is 24.6 Å². The van der Waals surface area contributed by atoms with E-state index < -0.39 is 17.6 Å². The Balaban J connectivity index is 1.14. The number of hydrogen-bond donors (Lipinski definition) is 1. The zero-order valence-electron chi connectivity index (χ0n) is 19.6. The van der Waals surface area contributed by atoms with E-state index in [-0.39, 0.29) is 6.04 Å². The van der Waals surface area contributed by atoms with Gasteiger partial charge in [0.25, 0.3) is 0 Å². The van der Waals surface area contributed by atoms with Gasteiger partial charge < -0.3 is 10.5 Å². The predicted octanol–water partition coefficient (Wildman–Crippen LogP) is 3.31. The van der Waals surface area contributed by atoms with Crippen LogP contribution in [0.4, 0.5) is 19.0 Å². The van der Waals surface area contributed by atoms with E-state index in [9.17, 15) is 13.2 Å². The molecule has 7 rings (SSSR count). The standard InChI is InChI=1S/C25H29F3N6O/c1-13-6-16-20(33-4-2-32(3-5-33)15-11-35-12-15)8-17-22(16)23(17)21-9-19(31-34(13)21)14-7-18(25(26,27)28)24(29)30-10-14/h7,9-10,13,15,17,20,23H,2-6,8,11-12H2,1H3,(H2,29,30). The molecule has 7 nitrogen and oxygen atoms in total. The first-order valence-electron chi connectivity index (χ1n) is 12.5. The molecule has 35 heavy (non-hydrogen) atoms. The van der Waals surface area contributed by atoms with Gasteiger partial charge in [0.15, 0.2) is 0 Å². The lowest BCUT2D eigenvalue weighted by Crippen LogP contribution is -2.58. The van der Waals surface area contributed by atoms with Gasteiger partial charge in [-0.15, -0.1) is 0 Å². The van der Waals surface area contributed by atoms with Crippen molar-refractivity contribution in [3.63, 3.8) is 0 Å². The summed E-state index contributed by atoms with van der Waals surface area (Å²) in [6.45, 7) is 8.33. The minimum Gasteiger partial charge on any atom is -0.383 e. The molecule has 5 heterocycles. The fraction of sp³-hybridized carbons (Fsp3) is 0.600. The minimum absolute atomic E-state index is 0.160. The molecule has 2 aliphatic carbocycles. The van der Waals surface area contributed by atoms with Gasteiger partial charge in [-0.25, -0.2) is 4.98 Å². The Morgan fingerprint density at radius 1 is 1.09 bits per heavy atom. The molecular weight excluding hydrogens is 457 g/mol. The Labute approximate surface area is 201 Å². The number of rotatable bonds is 3. The highest BCUT2D eigenvalue weighted by Crippen LogP contribution is 2.65. The molecule has 10 heteroatoms. The Hall–Kier alpha value is -2.43. The second kappa shape index (κ2) is 7.54. The summed E-state index contributed by atoms with van der Waals surface area (Å²) in [7, 11) is 0. The number of pyridine rings is 1. The second-order valence-corrected chi connectivity index (χ2v) is 10.7. The normalized spacial score (nSPS) is 31.2. The average molecular weight is 487 g/mol. The van der Waals surface area contributed by atoms with E-state index in [1.807, 2.05) is 10.7 Å². The number of halogens is 3. The molecule has 0 aromatic carbocycles. The maximum Gasteiger partial charge on any atom is 0.419 e. The average Bonchev–Trinajstić information content (AvgIpc) is 3.14. The van der Waals surface area contributed by atoms with Crippen LogP contribution in [0.25, 0.3) is 11.3 Å². The van der Waals surface area contributed by atoms with Gasteiger partial charge in [0.1, 0.15) is 5.82 Å². The highest BCUT2D eigenvalue weighted by Gasteiger charge is 2.57. The van der Waals surface area contributed by atoms with E-state index in [0.29, 0.717) is 35.2 Å². The van der Waals surface area contributed by atoms with E-state index in [0.717, 1.165) is 64.0 Å². The lowest BCUT2D eigenvalue weighted by Gasteiger charge is -2.44. The van der Waals surface area contributed by atoms with Crippen LogP contribution in [0.15, 0.2) is 29.5 Å². The van der Waals surface area contributed by atoms with Gasteiger partial charge in [-0.3, -0.25) is 14.5 Å². The third-order valence-electron chi connectivity index (χ3n) is 8.74. The van der Waals surface area contributed by atoms with E-state index in [4.69, 9.17) is 15.6 Å². The summed E-state index contributed by atoms with van der Waals surface area (Å²) in [5, 5.41) is 4.78. The number of nitrogens with two attached hydrogens (primary N) is 1. The summed E-state index contributed by atoms with van der Waals surface area (Å²) in [5.74, 6) is 0.388. The summed E-state index contributed by atoms with van der Waals surface area (Å²) in [6, 6.07) is 4.32. The van der Waals surface area contributed by atoms with E-state index in [1.165, 1.54) is 6.20 Å². The minimum atomic E-state index is -4.55. The van der Waals surface area contributed by atoms with Crippen molar-refractivity contribution in [2.75, 3.05) is 45.1 Å². The summed E-state index contributed by atoms with van der Waals surface area (Å²) >= 11 is 0. The van der Waals surface area contributed by atoms with E-state index in [2.05, 4.69) is 21.7 Å². The number of nitrogens with zero attached hydrogens (tertiary/aromatic N) is 5. The molecule has 2 saturated heterocycles. The maximum absolute atomic E-state index is 13.4. The van der Waals surface area contributed by atoms with Gasteiger partial charge in [-0.2, -0.15) is 18.3 Å². The third-order valence-corrected chi connectivity index (χ3v) is 8.74. The van der Waals surface area contributed by atoms with Crippen molar-refractivity contribution in [3.05, 3.63) is 40.7 Å². The van der Waals surface area contributed by atoms with Gasteiger partial charge >= 0.3 is 6.18 Å². The summed E-state index contributed by atoms with van der Waals surface area (Å²) in [4.78, 5) is 9.05. The molecule has 4 unspecified atom stereocenters. The molecule has 1 saturated carbocycles. The molecule has 3 aliphatic heterocycles. The van der Waals surface area contributed by atoms with Gasteiger partial charge in [0, 0.05) is 55.6 Å². The number of ether oxygens (including phenoxy) is 1. The highest BCUT2D eigenvalue weighted by atomic mass is 19.4. The van der Waals surface area contributed by atoms with Crippen LogP contribution < -0.4 is 5.73 Å². The molecule has 2 aromatic rings. The second-order valence-electron chi connectivity index (χ2n) is 10.7. The summed E-state index contributed by atoms with van der Waals surface area (Å²) in [6.07, 6.45) is -1.06. The molecule has 0 amide bonds. The first-order valence-corrected chi connectivity index (χ1v) is 12.5. The number of piperazine rings is 1. The van der Waals surface area contributed by atoms with E-state index in [1.54, 1.807) is 11.1 Å². The summed E-state index contributed by atoms with van der Waals surface area (Å²) in [5.41, 5.74) is 9.75. The zero-order chi connectivity index (χ0) is 24.1. The Kier molecular flexibility index (Phi) is 4.70. The van der Waals surface area contributed by atoms with Crippen LogP contribution in [0.3, 0.4) is 0 Å². The smallest absolute Gasteiger partial charge is 0.383 e. The molecule has 2 aromatic heterocycles. The first-order chi connectivity index (χ1) is 16.8. The molecule has 0 radical (unpaired) electrons. The van der Waals surface area contributed by atoms with Crippen LogP contribution in [0, 0.1) is 5.92 Å². The van der Waals surface area contributed by atoms with Gasteiger partial charge in [0.2, 0.25) is 0 Å². The SMILES string of the molecule is CC1CC2=C3C(CC2N2CCN(C4COC4)CC2)C3c2cc(-c3cnc(N)c(C(F)(F)F)c3)nn21. The lowest BCUT2D eigenvalue weighted by molar-refractivity contribution is -0.137. The molecule has 186 valence electrons. The number of allylic oxidation sites excluding steroid dienone is 1. The zero-order valence-corrected chi connectivity index (χ0v) is 19.6. The number of anilines is 1. The maximum atomic E-state index is 13.4. The van der Waals surface area contributed by atoms with Gasteiger partial charge in [-0.05, 0) is 37.8 Å². The van der Waals surface area contributed by atoms with Crippen LogP contribution in [-0.4, -0.2) is 76.0 Å². The van der Waals surface area contributed by atoms with Crippen molar-refractivity contribution in [2.45, 2.75) is 50.0 Å². The highest BCUT2D eigenvalue weighted by molar-refractivity contribution is 5.65. The number of nitrogen functional groups attached to an aromatic ring is 1. The largest absolute Gasteiger partial charge is 0.419 e. The van der Waals surface area contributed by atoms with Crippen molar-refractivity contribution in [1.29, 1.82) is 0 Å². The molecule has 5 aliphatic rings. The first kappa shape index (κ1) is 21.8. The van der Waals surface area contributed by atoms with Gasteiger partial charge in [0.05, 0.1) is 36.6 Å². The fourth-order valence-electron chi connectivity index (χ4n) is 6.81. The molecule has 4 atom stereocenters. The topological polar surface area (TPSA) is 72.4 Å². The Morgan fingerprint density at radius 2 is 1.83 bits per heavy atom. The molecule has 3 fully saturated rings. The number of alkyl halides is 3. The number of fused-ring (bicyclic) bond motifs is 3. The quantitative estimate of drug-likeness (QED) is 0.672. The fourth-order valence-corrected chi connectivity index (χ4v) is 6.81. The Bertz CT molecular complexity index is 1210. The van der Waals surface area contributed by atoms with Crippen LogP contribution in [0.1, 0.15) is 43.0 Å². The van der Waals surface area contributed by atoms with Crippen LogP contribution in [0.5, 0.6) is 0 Å². The van der Waals surface area contributed by atoms with Crippen molar-refractivity contribution < 1.29 is 17.9 Å².